The maximum absolute atomic E-state index is 11.9. The normalized spacial score (nSPS) is 21.2. The first kappa shape index (κ1) is 16.3. The Labute approximate surface area is 139 Å². The highest BCUT2D eigenvalue weighted by atomic mass is 16.5. The van der Waals surface area contributed by atoms with Crippen molar-refractivity contribution in [3.63, 3.8) is 0 Å². The monoisotopic (exact) mass is 316 g/mol. The van der Waals surface area contributed by atoms with Gasteiger partial charge in [-0.05, 0) is 53.5 Å². The number of nitrogens with one attached hydrogen (secondary N) is 1. The van der Waals surface area contributed by atoms with Gasteiger partial charge in [-0.15, -0.1) is 0 Å². The molecular formula is C19H28N2O2. The van der Waals surface area contributed by atoms with Crippen molar-refractivity contribution in [2.24, 2.45) is 0 Å². The first-order valence-electron chi connectivity index (χ1n) is 8.62. The third-order valence-corrected chi connectivity index (χ3v) is 5.11. The van der Waals surface area contributed by atoms with Crippen molar-refractivity contribution in [2.45, 2.75) is 58.0 Å². The van der Waals surface area contributed by atoms with E-state index in [4.69, 9.17) is 4.74 Å². The van der Waals surface area contributed by atoms with Gasteiger partial charge in [-0.25, -0.2) is 4.79 Å². The van der Waals surface area contributed by atoms with Crippen LogP contribution in [-0.4, -0.2) is 31.2 Å². The summed E-state index contributed by atoms with van der Waals surface area (Å²) >= 11 is 0. The summed E-state index contributed by atoms with van der Waals surface area (Å²) in [5, 5.41) is 3.63. The average Bonchev–Trinajstić information content (AvgIpc) is 3.05. The third-order valence-electron chi connectivity index (χ3n) is 5.11. The van der Waals surface area contributed by atoms with E-state index < -0.39 is 0 Å². The van der Waals surface area contributed by atoms with Gasteiger partial charge in [-0.1, -0.05) is 32.9 Å². The number of nitrogens with zero attached hydrogens (tertiary/aromatic N) is 1. The Morgan fingerprint density at radius 1 is 1.35 bits per heavy atom. The predicted octanol–water partition coefficient (Wildman–Crippen LogP) is 3.53. The van der Waals surface area contributed by atoms with Gasteiger partial charge in [-0.2, -0.15) is 0 Å². The van der Waals surface area contributed by atoms with Crippen LogP contribution in [0.15, 0.2) is 12.1 Å². The van der Waals surface area contributed by atoms with Crippen LogP contribution in [0, 0.1) is 0 Å². The molecule has 1 unspecified atom stereocenters. The third kappa shape index (κ3) is 3.23. The quantitative estimate of drug-likeness (QED) is 0.862. The maximum atomic E-state index is 11.9. The lowest BCUT2D eigenvalue weighted by molar-refractivity contribution is 0.118. The number of carbonyl (C=O) groups is 1. The van der Waals surface area contributed by atoms with Gasteiger partial charge < -0.3 is 15.0 Å². The highest BCUT2D eigenvalue weighted by Crippen LogP contribution is 2.35. The number of amides is 1. The van der Waals surface area contributed by atoms with E-state index in [2.05, 4.69) is 38.2 Å². The topological polar surface area (TPSA) is 41.6 Å². The summed E-state index contributed by atoms with van der Waals surface area (Å²) in [6.07, 6.45) is 3.09. The molecule has 1 amide bonds. The summed E-state index contributed by atoms with van der Waals surface area (Å²) in [6.45, 7) is 9.29. The molecule has 4 nitrogen and oxygen atoms in total. The van der Waals surface area contributed by atoms with E-state index in [0.717, 1.165) is 19.5 Å². The zero-order chi connectivity index (χ0) is 16.6. The van der Waals surface area contributed by atoms with Crippen LogP contribution in [0.5, 0.6) is 0 Å². The van der Waals surface area contributed by atoms with E-state index >= 15 is 0 Å². The second kappa shape index (κ2) is 6.16. The van der Waals surface area contributed by atoms with Gasteiger partial charge in [0.15, 0.2) is 0 Å². The van der Waals surface area contributed by atoms with Gasteiger partial charge in [0.25, 0.3) is 0 Å². The lowest BCUT2D eigenvalue weighted by atomic mass is 9.80. The molecule has 1 aromatic carbocycles. The van der Waals surface area contributed by atoms with Crippen LogP contribution < -0.4 is 5.32 Å². The van der Waals surface area contributed by atoms with Crippen molar-refractivity contribution >= 4 is 6.09 Å². The van der Waals surface area contributed by atoms with Crippen molar-refractivity contribution in [3.05, 3.63) is 34.4 Å². The van der Waals surface area contributed by atoms with Gasteiger partial charge >= 0.3 is 6.09 Å². The average molecular weight is 316 g/mol. The van der Waals surface area contributed by atoms with Crippen LogP contribution in [0.4, 0.5) is 4.79 Å². The van der Waals surface area contributed by atoms with Crippen LogP contribution in [0.2, 0.25) is 0 Å². The number of benzene rings is 1. The molecule has 1 fully saturated rings. The number of hydrogen-bond acceptors (Lipinski definition) is 3. The van der Waals surface area contributed by atoms with Gasteiger partial charge in [0.1, 0.15) is 0 Å². The van der Waals surface area contributed by atoms with Crippen LogP contribution in [0.1, 0.15) is 61.9 Å². The summed E-state index contributed by atoms with van der Waals surface area (Å²) in [5.41, 5.74) is 5.65. The Morgan fingerprint density at radius 2 is 2.13 bits per heavy atom. The van der Waals surface area contributed by atoms with Gasteiger partial charge in [-0.3, -0.25) is 0 Å². The van der Waals surface area contributed by atoms with Gasteiger partial charge in [0.2, 0.25) is 0 Å². The van der Waals surface area contributed by atoms with E-state index in [0.29, 0.717) is 12.6 Å². The Hall–Kier alpha value is -1.55. The van der Waals surface area contributed by atoms with E-state index in [1.54, 1.807) is 0 Å². The van der Waals surface area contributed by atoms with Crippen molar-refractivity contribution in [2.75, 3.05) is 20.2 Å². The lowest BCUT2D eigenvalue weighted by Crippen LogP contribution is -2.37. The molecule has 0 radical (unpaired) electrons. The Balaban J connectivity index is 2.03. The number of ether oxygens (including phenoxy) is 1. The molecule has 0 aromatic heterocycles. The smallest absolute Gasteiger partial charge is 0.409 e. The maximum Gasteiger partial charge on any atom is 0.409 e. The molecule has 2 heterocycles. The Morgan fingerprint density at radius 3 is 2.74 bits per heavy atom. The van der Waals surface area contributed by atoms with Crippen LogP contribution in [-0.2, 0) is 23.1 Å². The van der Waals surface area contributed by atoms with Gasteiger partial charge in [0.05, 0.1) is 7.11 Å². The largest absolute Gasteiger partial charge is 0.453 e. The number of rotatable bonds is 1. The first-order valence-corrected chi connectivity index (χ1v) is 8.62. The molecular weight excluding hydrogens is 288 g/mol. The molecule has 0 saturated carbocycles. The molecule has 1 N–H and O–H groups in total. The molecule has 1 saturated heterocycles. The second-order valence-corrected chi connectivity index (χ2v) is 7.74. The number of fused-ring (bicyclic) bond motifs is 1. The van der Waals surface area contributed by atoms with E-state index in [9.17, 15) is 4.79 Å². The molecule has 126 valence electrons. The molecule has 1 atom stereocenters. The fourth-order valence-electron chi connectivity index (χ4n) is 3.68. The summed E-state index contributed by atoms with van der Waals surface area (Å²) in [5.74, 6) is 0. The van der Waals surface area contributed by atoms with Crippen LogP contribution in [0.3, 0.4) is 0 Å². The number of methoxy groups -OCH3 is 1. The summed E-state index contributed by atoms with van der Waals surface area (Å²) in [7, 11) is 1.46. The zero-order valence-electron chi connectivity index (χ0n) is 14.7. The molecule has 2 aliphatic rings. The predicted molar refractivity (Wildman–Crippen MR) is 91.6 cm³/mol. The SMILES string of the molecule is COC(=O)N1CCc2cc(C(C)(C)C)cc(C3CCCN3)c2C1. The molecule has 4 heteroatoms. The van der Waals surface area contributed by atoms with Crippen molar-refractivity contribution in [1.82, 2.24) is 10.2 Å². The van der Waals surface area contributed by atoms with E-state index in [1.807, 2.05) is 4.90 Å². The minimum atomic E-state index is -0.221. The Bertz CT molecular complexity index is 598. The molecule has 2 aliphatic heterocycles. The van der Waals surface area contributed by atoms with Crippen LogP contribution in [0.25, 0.3) is 0 Å². The van der Waals surface area contributed by atoms with Crippen molar-refractivity contribution < 1.29 is 9.53 Å². The van der Waals surface area contributed by atoms with Crippen molar-refractivity contribution in [3.8, 4) is 0 Å². The second-order valence-electron chi connectivity index (χ2n) is 7.74. The van der Waals surface area contributed by atoms with E-state index in [1.165, 1.54) is 42.2 Å². The highest BCUT2D eigenvalue weighted by Gasteiger charge is 2.29. The van der Waals surface area contributed by atoms with E-state index in [-0.39, 0.29) is 11.5 Å². The fourth-order valence-corrected chi connectivity index (χ4v) is 3.68. The minimum Gasteiger partial charge on any atom is -0.453 e. The lowest BCUT2D eigenvalue weighted by Gasteiger charge is -2.33. The molecule has 3 rings (SSSR count). The molecule has 0 aliphatic carbocycles. The zero-order valence-corrected chi connectivity index (χ0v) is 14.7. The summed E-state index contributed by atoms with van der Waals surface area (Å²) in [6, 6.07) is 5.13. The van der Waals surface area contributed by atoms with Crippen LogP contribution >= 0.6 is 0 Å². The first-order chi connectivity index (χ1) is 10.9. The number of carbonyl (C=O) groups excluding carboxylic acids is 1. The fraction of sp³-hybridized carbons (Fsp3) is 0.632. The van der Waals surface area contributed by atoms with Gasteiger partial charge in [0, 0.05) is 19.1 Å². The minimum absolute atomic E-state index is 0.141. The Kier molecular flexibility index (Phi) is 4.37. The number of hydrogen-bond donors (Lipinski definition) is 1. The molecule has 1 aromatic rings. The molecule has 0 spiro atoms. The summed E-state index contributed by atoms with van der Waals surface area (Å²) in [4.78, 5) is 13.7. The standard InChI is InChI=1S/C19H28N2O2/c1-19(2,3)14-10-13-7-9-21(18(22)23-4)12-16(13)15(11-14)17-6-5-8-20-17/h10-11,17,20H,5-9,12H2,1-4H3. The highest BCUT2D eigenvalue weighted by molar-refractivity contribution is 5.68. The molecule has 0 bridgehead atoms. The summed E-state index contributed by atoms with van der Waals surface area (Å²) < 4.78 is 4.92. The van der Waals surface area contributed by atoms with Crippen molar-refractivity contribution in [1.29, 1.82) is 0 Å². The molecule has 23 heavy (non-hydrogen) atoms.